The van der Waals surface area contributed by atoms with E-state index in [-0.39, 0.29) is 11.2 Å². The molecular formula is C37H29FN6O2. The van der Waals surface area contributed by atoms with Crippen LogP contribution in [0.1, 0.15) is 24.2 Å². The zero-order valence-corrected chi connectivity index (χ0v) is 25.2. The van der Waals surface area contributed by atoms with Crippen LogP contribution in [0, 0.1) is 5.82 Å². The highest BCUT2D eigenvalue weighted by molar-refractivity contribution is 6.02. The van der Waals surface area contributed by atoms with E-state index in [2.05, 4.69) is 20.3 Å². The molecule has 1 unspecified atom stereocenters. The summed E-state index contributed by atoms with van der Waals surface area (Å²) in [5, 5.41) is 4.50. The Labute approximate surface area is 264 Å². The normalized spacial score (nSPS) is 11.9. The van der Waals surface area contributed by atoms with Gasteiger partial charge in [0.05, 0.1) is 30.1 Å². The second-order valence-electron chi connectivity index (χ2n) is 10.9. The van der Waals surface area contributed by atoms with Crippen LogP contribution in [0.15, 0.2) is 121 Å². The zero-order valence-electron chi connectivity index (χ0n) is 25.2. The largest absolute Gasteiger partial charge is 0.497 e. The zero-order chi connectivity index (χ0) is 31.6. The molecule has 4 heterocycles. The average Bonchev–Trinajstić information content (AvgIpc) is 3.09. The van der Waals surface area contributed by atoms with Crippen LogP contribution in [0.5, 0.6) is 5.75 Å². The smallest absolute Gasteiger partial charge is 0.194 e. The van der Waals surface area contributed by atoms with Gasteiger partial charge in [0, 0.05) is 41.5 Å². The number of aromatic nitrogens is 5. The molecule has 3 aromatic carbocycles. The summed E-state index contributed by atoms with van der Waals surface area (Å²) in [6.07, 6.45) is 4.92. The lowest BCUT2D eigenvalue weighted by Crippen LogP contribution is -2.17. The SMILES string of the molecule is COc1ccc(Cn2ccc(=O)c3c(NC(C)c4nc5ccc(F)cc5c(-c5ccccn5)c4-c4ccccc4)ncnc32)cc1. The summed E-state index contributed by atoms with van der Waals surface area (Å²) in [5.74, 6) is 0.804. The first-order chi connectivity index (χ1) is 22.5. The van der Waals surface area contributed by atoms with E-state index >= 15 is 0 Å². The fourth-order valence-corrected chi connectivity index (χ4v) is 5.81. The molecule has 0 amide bonds. The van der Waals surface area contributed by atoms with E-state index in [0.29, 0.717) is 45.7 Å². The number of halogens is 1. The lowest BCUT2D eigenvalue weighted by Gasteiger charge is -2.23. The molecule has 1 atom stereocenters. The second-order valence-corrected chi connectivity index (χ2v) is 10.9. The third kappa shape index (κ3) is 5.43. The minimum atomic E-state index is -0.431. The van der Waals surface area contributed by atoms with Gasteiger partial charge in [-0.05, 0) is 60.5 Å². The summed E-state index contributed by atoms with van der Waals surface area (Å²) in [6.45, 7) is 2.47. The molecule has 226 valence electrons. The number of fused-ring (bicyclic) bond motifs is 2. The van der Waals surface area contributed by atoms with E-state index < -0.39 is 6.04 Å². The fourth-order valence-electron chi connectivity index (χ4n) is 5.81. The van der Waals surface area contributed by atoms with Crippen molar-refractivity contribution in [3.8, 4) is 28.1 Å². The lowest BCUT2D eigenvalue weighted by molar-refractivity contribution is 0.414. The number of ether oxygens (including phenoxy) is 1. The van der Waals surface area contributed by atoms with Gasteiger partial charge in [-0.3, -0.25) is 9.78 Å². The first-order valence-electron chi connectivity index (χ1n) is 14.8. The predicted molar refractivity (Wildman–Crippen MR) is 178 cm³/mol. The number of methoxy groups -OCH3 is 1. The monoisotopic (exact) mass is 608 g/mol. The van der Waals surface area contributed by atoms with E-state index in [1.54, 1.807) is 25.6 Å². The maximum absolute atomic E-state index is 14.7. The molecule has 0 radical (unpaired) electrons. The molecule has 0 aliphatic rings. The molecule has 9 heteroatoms. The van der Waals surface area contributed by atoms with Gasteiger partial charge < -0.3 is 14.6 Å². The number of pyridine rings is 3. The third-order valence-electron chi connectivity index (χ3n) is 7.99. The lowest BCUT2D eigenvalue weighted by atomic mass is 9.90. The maximum atomic E-state index is 14.7. The predicted octanol–water partition coefficient (Wildman–Crippen LogP) is 7.44. The molecule has 0 bridgehead atoms. The highest BCUT2D eigenvalue weighted by Crippen LogP contribution is 2.41. The van der Waals surface area contributed by atoms with Crippen LogP contribution in [0.3, 0.4) is 0 Å². The van der Waals surface area contributed by atoms with Crippen molar-refractivity contribution in [1.82, 2.24) is 24.5 Å². The van der Waals surface area contributed by atoms with Gasteiger partial charge >= 0.3 is 0 Å². The number of benzene rings is 3. The van der Waals surface area contributed by atoms with Crippen LogP contribution in [-0.4, -0.2) is 31.6 Å². The Balaban J connectivity index is 1.38. The maximum Gasteiger partial charge on any atom is 0.194 e. The molecule has 1 N–H and O–H groups in total. The van der Waals surface area contributed by atoms with Gasteiger partial charge in [-0.1, -0.05) is 48.5 Å². The molecule has 46 heavy (non-hydrogen) atoms. The molecule has 8 nitrogen and oxygen atoms in total. The number of nitrogens with zero attached hydrogens (tertiary/aromatic N) is 5. The van der Waals surface area contributed by atoms with E-state index in [1.807, 2.05) is 84.3 Å². The topological polar surface area (TPSA) is 94.8 Å². The Morgan fingerprint density at radius 1 is 0.891 bits per heavy atom. The summed E-state index contributed by atoms with van der Waals surface area (Å²) in [5.41, 5.74) is 5.84. The van der Waals surface area contributed by atoms with Crippen LogP contribution in [0.25, 0.3) is 44.3 Å². The van der Waals surface area contributed by atoms with Crippen molar-refractivity contribution < 1.29 is 9.13 Å². The van der Waals surface area contributed by atoms with Crippen molar-refractivity contribution >= 4 is 27.8 Å². The van der Waals surface area contributed by atoms with Gasteiger partial charge in [-0.15, -0.1) is 0 Å². The van der Waals surface area contributed by atoms with Crippen molar-refractivity contribution in [3.05, 3.63) is 143 Å². The Hall–Kier alpha value is -5.96. The quantitative estimate of drug-likeness (QED) is 0.192. The molecule has 0 aliphatic carbocycles. The second kappa shape index (κ2) is 12.2. The van der Waals surface area contributed by atoms with Crippen LogP contribution >= 0.6 is 0 Å². The molecule has 0 aliphatic heterocycles. The Morgan fingerprint density at radius 2 is 1.70 bits per heavy atom. The molecule has 7 aromatic rings. The molecule has 7 rings (SSSR count). The number of anilines is 1. The van der Waals surface area contributed by atoms with E-state index in [0.717, 1.165) is 28.0 Å². The first kappa shape index (κ1) is 28.8. The summed E-state index contributed by atoms with van der Waals surface area (Å²) in [4.78, 5) is 32.1. The Kier molecular flexibility index (Phi) is 7.64. The van der Waals surface area contributed by atoms with Crippen LogP contribution in [-0.2, 0) is 6.54 Å². The van der Waals surface area contributed by atoms with E-state index in [1.165, 1.54) is 24.5 Å². The number of nitrogens with one attached hydrogen (secondary N) is 1. The highest BCUT2D eigenvalue weighted by Gasteiger charge is 2.24. The summed E-state index contributed by atoms with van der Waals surface area (Å²) < 4.78 is 21.9. The van der Waals surface area contributed by atoms with Crippen molar-refractivity contribution in [3.63, 3.8) is 0 Å². The number of hydrogen-bond donors (Lipinski definition) is 1. The van der Waals surface area contributed by atoms with Gasteiger partial charge in [-0.2, -0.15) is 0 Å². The van der Waals surface area contributed by atoms with Gasteiger partial charge in [0.1, 0.15) is 34.7 Å². The van der Waals surface area contributed by atoms with Crippen molar-refractivity contribution in [2.45, 2.75) is 19.5 Å². The van der Waals surface area contributed by atoms with Gasteiger partial charge in [0.2, 0.25) is 0 Å². The molecule has 0 spiro atoms. The van der Waals surface area contributed by atoms with Crippen LogP contribution in [0.4, 0.5) is 10.2 Å². The molecule has 4 aromatic heterocycles. The fraction of sp³-hybridized carbons (Fsp3) is 0.108. The molecular weight excluding hydrogens is 579 g/mol. The van der Waals surface area contributed by atoms with E-state index in [9.17, 15) is 9.18 Å². The molecule has 0 saturated carbocycles. The van der Waals surface area contributed by atoms with Crippen LogP contribution < -0.4 is 15.5 Å². The molecule has 0 saturated heterocycles. The van der Waals surface area contributed by atoms with Gasteiger partial charge in [-0.25, -0.2) is 19.3 Å². The average molecular weight is 609 g/mol. The molecule has 0 fully saturated rings. The van der Waals surface area contributed by atoms with Crippen molar-refractivity contribution in [1.29, 1.82) is 0 Å². The van der Waals surface area contributed by atoms with Crippen LogP contribution in [0.2, 0.25) is 0 Å². The van der Waals surface area contributed by atoms with Gasteiger partial charge in [0.15, 0.2) is 5.43 Å². The van der Waals surface area contributed by atoms with Gasteiger partial charge in [0.25, 0.3) is 0 Å². The summed E-state index contributed by atoms with van der Waals surface area (Å²) in [6, 6.07) is 29.0. The minimum absolute atomic E-state index is 0.198. The third-order valence-corrected chi connectivity index (χ3v) is 7.99. The first-order valence-corrected chi connectivity index (χ1v) is 14.8. The minimum Gasteiger partial charge on any atom is -0.497 e. The van der Waals surface area contributed by atoms with E-state index in [4.69, 9.17) is 9.72 Å². The summed E-state index contributed by atoms with van der Waals surface area (Å²) >= 11 is 0. The van der Waals surface area contributed by atoms with Crippen molar-refractivity contribution in [2.24, 2.45) is 0 Å². The highest BCUT2D eigenvalue weighted by atomic mass is 19.1. The number of rotatable bonds is 8. The van der Waals surface area contributed by atoms with Crippen molar-refractivity contribution in [2.75, 3.05) is 12.4 Å². The standard InChI is InChI=1S/C37H29FN6O2/c1-23(42-36-34-31(45)17-19-44(37(34)41-22-40-36)21-24-11-14-27(46-2)15-12-24)35-32(25-8-4-3-5-9-25)33(30-10-6-7-18-39-30)28-20-26(38)13-16-29(28)43-35/h3-20,22-23H,21H2,1-2H3,(H,40,41,42). The number of hydrogen-bond acceptors (Lipinski definition) is 7. The Morgan fingerprint density at radius 3 is 2.46 bits per heavy atom. The summed E-state index contributed by atoms with van der Waals surface area (Å²) in [7, 11) is 1.63. The Bertz CT molecular complexity index is 2240.